The summed E-state index contributed by atoms with van der Waals surface area (Å²) < 4.78 is 15.4. The molecule has 1 fully saturated rings. The predicted octanol–water partition coefficient (Wildman–Crippen LogP) is 2.52. The van der Waals surface area contributed by atoms with Gasteiger partial charge >= 0.3 is 0 Å². The summed E-state index contributed by atoms with van der Waals surface area (Å²) in [4.78, 5) is 28.5. The maximum absolute atomic E-state index is 14.0. The van der Waals surface area contributed by atoms with E-state index in [1.54, 1.807) is 32.2 Å². The average molecular weight is 398 g/mol. The molecule has 1 atom stereocenters. The molecule has 1 amide bonds. The van der Waals surface area contributed by atoms with Gasteiger partial charge in [0.2, 0.25) is 0 Å². The summed E-state index contributed by atoms with van der Waals surface area (Å²) in [5.74, 6) is -0.682. The number of halogens is 1. The standard InChI is InChI=1S/C21H23FN4O3/c1-11-6-7-14(8-15(11)22)16-9-26-19(21(29)24-16)17(13-4-3-5-13)18(25-26)20(28)23-12(2)10-27/h6-9,12-13,27H,3-5,10H2,1-2H3,(H,23,28)(H,24,29)/t12-/m0/s1. The number of nitrogens with zero attached hydrogens (tertiary/aromatic N) is 2. The molecule has 29 heavy (non-hydrogen) atoms. The summed E-state index contributed by atoms with van der Waals surface area (Å²) >= 11 is 0. The van der Waals surface area contributed by atoms with Gasteiger partial charge in [-0.15, -0.1) is 0 Å². The molecule has 3 N–H and O–H groups in total. The molecule has 7 nitrogen and oxygen atoms in total. The van der Waals surface area contributed by atoms with Gasteiger partial charge in [-0.25, -0.2) is 8.91 Å². The van der Waals surface area contributed by atoms with E-state index in [1.165, 1.54) is 10.6 Å². The Labute approximate surface area is 166 Å². The summed E-state index contributed by atoms with van der Waals surface area (Å²) in [6, 6.07) is 4.30. The number of aliphatic hydroxyl groups is 1. The second-order valence-electron chi connectivity index (χ2n) is 7.70. The van der Waals surface area contributed by atoms with Gasteiger partial charge in [0.1, 0.15) is 11.3 Å². The van der Waals surface area contributed by atoms with Gasteiger partial charge in [-0.3, -0.25) is 9.59 Å². The van der Waals surface area contributed by atoms with Crippen LogP contribution in [0.4, 0.5) is 4.39 Å². The van der Waals surface area contributed by atoms with Crippen molar-refractivity contribution in [2.24, 2.45) is 0 Å². The minimum atomic E-state index is -0.425. The summed E-state index contributed by atoms with van der Waals surface area (Å²) in [6.07, 6.45) is 4.42. The number of nitrogens with one attached hydrogen (secondary N) is 2. The topological polar surface area (TPSA) is 99.5 Å². The molecule has 1 saturated carbocycles. The fourth-order valence-corrected chi connectivity index (χ4v) is 3.60. The van der Waals surface area contributed by atoms with Crippen molar-refractivity contribution in [3.8, 4) is 11.3 Å². The third-order valence-electron chi connectivity index (χ3n) is 5.52. The largest absolute Gasteiger partial charge is 0.394 e. The lowest BCUT2D eigenvalue weighted by molar-refractivity contribution is 0.0915. The van der Waals surface area contributed by atoms with Gasteiger partial charge in [0.15, 0.2) is 5.69 Å². The number of aliphatic hydroxyl groups excluding tert-OH is 1. The van der Waals surface area contributed by atoms with Gasteiger partial charge < -0.3 is 15.4 Å². The van der Waals surface area contributed by atoms with E-state index in [-0.39, 0.29) is 29.6 Å². The first-order valence-corrected chi connectivity index (χ1v) is 9.73. The normalized spacial score (nSPS) is 15.3. The Morgan fingerprint density at radius 3 is 2.83 bits per heavy atom. The van der Waals surface area contributed by atoms with Gasteiger partial charge in [-0.05, 0) is 44.2 Å². The minimum absolute atomic E-state index is 0.0986. The molecule has 0 spiro atoms. The van der Waals surface area contributed by atoms with E-state index in [0.717, 1.165) is 19.3 Å². The molecule has 1 aliphatic carbocycles. The van der Waals surface area contributed by atoms with Crippen LogP contribution < -0.4 is 10.9 Å². The van der Waals surface area contributed by atoms with E-state index in [4.69, 9.17) is 0 Å². The fraction of sp³-hybridized carbons (Fsp3) is 0.381. The molecule has 4 rings (SSSR count). The van der Waals surface area contributed by atoms with Crippen LogP contribution in [0.3, 0.4) is 0 Å². The van der Waals surface area contributed by atoms with Crippen LogP contribution in [-0.2, 0) is 0 Å². The van der Waals surface area contributed by atoms with Gasteiger partial charge in [0.25, 0.3) is 11.5 Å². The number of hydrogen-bond donors (Lipinski definition) is 3. The molecule has 0 aliphatic heterocycles. The van der Waals surface area contributed by atoms with Crippen molar-refractivity contribution in [3.63, 3.8) is 0 Å². The molecule has 3 aromatic rings. The highest BCUT2D eigenvalue weighted by molar-refractivity contribution is 5.96. The number of carbonyl (C=O) groups is 1. The summed E-state index contributed by atoms with van der Waals surface area (Å²) in [5, 5.41) is 16.3. The molecular weight excluding hydrogens is 375 g/mol. The van der Waals surface area contributed by atoms with Crippen molar-refractivity contribution in [2.75, 3.05) is 6.61 Å². The van der Waals surface area contributed by atoms with Crippen LogP contribution in [0.15, 0.2) is 29.2 Å². The summed E-state index contributed by atoms with van der Waals surface area (Å²) in [6.45, 7) is 3.16. The fourth-order valence-electron chi connectivity index (χ4n) is 3.60. The van der Waals surface area contributed by atoms with E-state index in [0.29, 0.717) is 27.9 Å². The number of aryl methyl sites for hydroxylation is 1. The number of carbonyl (C=O) groups excluding carboxylic acids is 1. The first-order valence-electron chi connectivity index (χ1n) is 9.73. The lowest BCUT2D eigenvalue weighted by Crippen LogP contribution is -2.36. The molecule has 8 heteroatoms. The van der Waals surface area contributed by atoms with Crippen LogP contribution in [0.5, 0.6) is 0 Å². The molecule has 152 valence electrons. The van der Waals surface area contributed by atoms with Gasteiger partial charge in [-0.2, -0.15) is 5.10 Å². The molecule has 2 aromatic heterocycles. The molecule has 0 unspecified atom stereocenters. The second-order valence-corrected chi connectivity index (χ2v) is 7.70. The van der Waals surface area contributed by atoms with Crippen LogP contribution in [0.2, 0.25) is 0 Å². The zero-order valence-corrected chi connectivity index (χ0v) is 16.3. The van der Waals surface area contributed by atoms with E-state index in [1.807, 2.05) is 0 Å². The Bertz CT molecular complexity index is 1150. The van der Waals surface area contributed by atoms with Crippen LogP contribution in [0.1, 0.15) is 53.7 Å². The number of benzene rings is 1. The Balaban J connectivity index is 1.86. The highest BCUT2D eigenvalue weighted by Crippen LogP contribution is 2.39. The van der Waals surface area contributed by atoms with E-state index >= 15 is 0 Å². The Morgan fingerprint density at radius 1 is 1.45 bits per heavy atom. The SMILES string of the molecule is Cc1ccc(-c2cn3nc(C(=O)N[C@@H](C)CO)c(C4CCC4)c3c(=O)[nH]2)cc1F. The van der Waals surface area contributed by atoms with Gasteiger partial charge in [0.05, 0.1) is 18.5 Å². The number of amides is 1. The van der Waals surface area contributed by atoms with Crippen LogP contribution in [0, 0.1) is 12.7 Å². The highest BCUT2D eigenvalue weighted by atomic mass is 19.1. The van der Waals surface area contributed by atoms with Crippen molar-refractivity contribution in [1.29, 1.82) is 0 Å². The first kappa shape index (κ1) is 19.3. The van der Waals surface area contributed by atoms with Gasteiger partial charge in [0, 0.05) is 17.2 Å². The summed E-state index contributed by atoms with van der Waals surface area (Å²) in [7, 11) is 0. The van der Waals surface area contributed by atoms with Crippen LogP contribution in [-0.4, -0.2) is 38.3 Å². The van der Waals surface area contributed by atoms with E-state index < -0.39 is 11.9 Å². The third kappa shape index (κ3) is 3.44. The van der Waals surface area contributed by atoms with Crippen molar-refractivity contribution < 1.29 is 14.3 Å². The predicted molar refractivity (Wildman–Crippen MR) is 107 cm³/mol. The molecule has 1 aromatic carbocycles. The molecule has 0 saturated heterocycles. The zero-order valence-electron chi connectivity index (χ0n) is 16.3. The van der Waals surface area contributed by atoms with Crippen molar-refractivity contribution in [1.82, 2.24) is 19.9 Å². The molecule has 1 aliphatic rings. The van der Waals surface area contributed by atoms with Crippen LogP contribution in [0.25, 0.3) is 16.8 Å². The first-order chi connectivity index (χ1) is 13.9. The monoisotopic (exact) mass is 398 g/mol. The van der Waals surface area contributed by atoms with Crippen molar-refractivity contribution in [3.05, 3.63) is 57.4 Å². The lowest BCUT2D eigenvalue weighted by Gasteiger charge is -2.25. The highest BCUT2D eigenvalue weighted by Gasteiger charge is 2.31. The lowest BCUT2D eigenvalue weighted by atomic mass is 9.79. The van der Waals surface area contributed by atoms with Crippen molar-refractivity contribution in [2.45, 2.75) is 45.1 Å². The maximum Gasteiger partial charge on any atom is 0.274 e. The molecule has 0 bridgehead atoms. The van der Waals surface area contributed by atoms with E-state index in [2.05, 4.69) is 15.4 Å². The Kier molecular flexibility index (Phi) is 4.96. The number of aromatic nitrogens is 3. The molecule has 2 heterocycles. The summed E-state index contributed by atoms with van der Waals surface area (Å²) in [5.41, 5.74) is 2.27. The zero-order chi connectivity index (χ0) is 20.7. The number of fused-ring (bicyclic) bond motifs is 1. The quantitative estimate of drug-likeness (QED) is 0.615. The smallest absolute Gasteiger partial charge is 0.274 e. The average Bonchev–Trinajstić information content (AvgIpc) is 3.02. The number of H-pyrrole nitrogens is 1. The second kappa shape index (κ2) is 7.44. The van der Waals surface area contributed by atoms with Crippen LogP contribution >= 0.6 is 0 Å². The number of rotatable bonds is 5. The molecular formula is C21H23FN4O3. The Morgan fingerprint density at radius 2 is 2.21 bits per heavy atom. The van der Waals surface area contributed by atoms with Gasteiger partial charge in [-0.1, -0.05) is 18.6 Å². The third-order valence-corrected chi connectivity index (χ3v) is 5.52. The Hall–Kier alpha value is -3.00. The van der Waals surface area contributed by atoms with Crippen molar-refractivity contribution >= 4 is 11.4 Å². The maximum atomic E-state index is 14.0. The molecule has 0 radical (unpaired) electrons. The van der Waals surface area contributed by atoms with E-state index in [9.17, 15) is 19.1 Å². The number of aromatic amines is 1. The minimum Gasteiger partial charge on any atom is -0.394 e. The number of hydrogen-bond acceptors (Lipinski definition) is 4.